The zero-order valence-corrected chi connectivity index (χ0v) is 10.6. The molecular weight excluding hydrogens is 234 g/mol. The van der Waals surface area contributed by atoms with Crippen molar-refractivity contribution in [1.82, 2.24) is 4.98 Å². The third-order valence-corrected chi connectivity index (χ3v) is 2.90. The van der Waals surface area contributed by atoms with Crippen LogP contribution >= 0.6 is 11.6 Å². The second kappa shape index (κ2) is 5.37. The number of benzene rings is 1. The van der Waals surface area contributed by atoms with Crippen molar-refractivity contribution in [2.45, 2.75) is 26.2 Å². The molecule has 89 valence electrons. The summed E-state index contributed by atoms with van der Waals surface area (Å²) in [7, 11) is 0. The molecule has 0 atom stereocenters. The molecule has 0 spiro atoms. The van der Waals surface area contributed by atoms with Crippen molar-refractivity contribution in [3.8, 4) is 11.5 Å². The van der Waals surface area contributed by atoms with E-state index in [1.165, 1.54) is 0 Å². The van der Waals surface area contributed by atoms with Crippen LogP contribution in [0.3, 0.4) is 0 Å². The van der Waals surface area contributed by atoms with E-state index in [4.69, 9.17) is 16.0 Å². The van der Waals surface area contributed by atoms with E-state index in [0.717, 1.165) is 36.3 Å². The maximum atomic E-state index is 5.85. The number of aromatic nitrogens is 1. The van der Waals surface area contributed by atoms with Crippen LogP contribution in [0.15, 0.2) is 28.7 Å². The number of hydrogen-bond donors (Lipinski definition) is 0. The molecule has 0 aliphatic heterocycles. The summed E-state index contributed by atoms with van der Waals surface area (Å²) in [6.07, 6.45) is 2.88. The number of rotatable bonds is 4. The van der Waals surface area contributed by atoms with E-state index in [1.54, 1.807) is 0 Å². The lowest BCUT2D eigenvalue weighted by Gasteiger charge is -1.94. The van der Waals surface area contributed by atoms with Crippen molar-refractivity contribution in [3.63, 3.8) is 0 Å². The van der Waals surface area contributed by atoms with Crippen molar-refractivity contribution in [2.24, 2.45) is 0 Å². The van der Waals surface area contributed by atoms with Crippen LogP contribution in [0, 0.1) is 13.8 Å². The molecule has 0 saturated carbocycles. The fraction of sp³-hybridized carbons (Fsp3) is 0.286. The van der Waals surface area contributed by atoms with Crippen LogP contribution in [0.4, 0.5) is 0 Å². The highest BCUT2D eigenvalue weighted by molar-refractivity contribution is 6.30. The SMILES string of the molecule is [CH2]CCCc1nc(-c2ccc(Cl)cc2)oc1C. The number of oxazole rings is 1. The van der Waals surface area contributed by atoms with Gasteiger partial charge < -0.3 is 4.42 Å². The highest BCUT2D eigenvalue weighted by Gasteiger charge is 2.10. The maximum Gasteiger partial charge on any atom is 0.226 e. The highest BCUT2D eigenvalue weighted by Crippen LogP contribution is 2.23. The number of aryl methyl sites for hydroxylation is 2. The molecule has 0 saturated heterocycles. The molecular formula is C14H15ClNO. The van der Waals surface area contributed by atoms with Crippen LogP contribution in [-0.4, -0.2) is 4.98 Å². The van der Waals surface area contributed by atoms with E-state index in [-0.39, 0.29) is 0 Å². The van der Waals surface area contributed by atoms with Gasteiger partial charge in [-0.1, -0.05) is 24.9 Å². The first-order chi connectivity index (χ1) is 8.20. The molecule has 17 heavy (non-hydrogen) atoms. The van der Waals surface area contributed by atoms with E-state index in [9.17, 15) is 0 Å². The monoisotopic (exact) mass is 248 g/mol. The summed E-state index contributed by atoms with van der Waals surface area (Å²) in [4.78, 5) is 4.51. The Kier molecular flexibility index (Phi) is 3.85. The maximum absolute atomic E-state index is 5.85. The van der Waals surface area contributed by atoms with Gasteiger partial charge in [-0.05, 0) is 44.0 Å². The quantitative estimate of drug-likeness (QED) is 0.798. The van der Waals surface area contributed by atoms with E-state index >= 15 is 0 Å². The predicted molar refractivity (Wildman–Crippen MR) is 70.0 cm³/mol. The molecule has 2 aromatic rings. The number of unbranched alkanes of at least 4 members (excludes halogenated alkanes) is 1. The molecule has 0 bridgehead atoms. The normalized spacial score (nSPS) is 10.8. The molecule has 2 nitrogen and oxygen atoms in total. The Balaban J connectivity index is 2.24. The molecule has 1 aromatic carbocycles. The average Bonchev–Trinajstić information content (AvgIpc) is 2.69. The van der Waals surface area contributed by atoms with Crippen LogP contribution in [0.2, 0.25) is 5.02 Å². The Morgan fingerprint density at radius 1 is 1.29 bits per heavy atom. The molecule has 1 aromatic heterocycles. The summed E-state index contributed by atoms with van der Waals surface area (Å²) in [5, 5.41) is 0.717. The van der Waals surface area contributed by atoms with Gasteiger partial charge in [0.2, 0.25) is 5.89 Å². The fourth-order valence-corrected chi connectivity index (χ4v) is 1.79. The smallest absolute Gasteiger partial charge is 0.226 e. The van der Waals surface area contributed by atoms with E-state index in [1.807, 2.05) is 31.2 Å². The Hall–Kier alpha value is -1.28. The summed E-state index contributed by atoms with van der Waals surface area (Å²) >= 11 is 5.85. The summed E-state index contributed by atoms with van der Waals surface area (Å²) in [5.41, 5.74) is 1.98. The molecule has 0 amide bonds. The highest BCUT2D eigenvalue weighted by atomic mass is 35.5. The summed E-state index contributed by atoms with van der Waals surface area (Å²) in [5.74, 6) is 1.56. The average molecular weight is 249 g/mol. The predicted octanol–water partition coefficient (Wildman–Crippen LogP) is 4.46. The number of hydrogen-bond acceptors (Lipinski definition) is 2. The van der Waals surface area contributed by atoms with Gasteiger partial charge >= 0.3 is 0 Å². The first kappa shape index (κ1) is 12.2. The standard InChI is InChI=1S/C14H15ClNO/c1-3-4-5-13-10(2)17-14(16-13)11-6-8-12(15)9-7-11/h6-9H,1,3-5H2,2H3. The van der Waals surface area contributed by atoms with Crippen LogP contribution in [0.25, 0.3) is 11.5 Å². The van der Waals surface area contributed by atoms with Crippen LogP contribution < -0.4 is 0 Å². The third-order valence-electron chi connectivity index (χ3n) is 2.65. The Morgan fingerprint density at radius 2 is 2.00 bits per heavy atom. The zero-order valence-electron chi connectivity index (χ0n) is 9.87. The van der Waals surface area contributed by atoms with Crippen molar-refractivity contribution >= 4 is 11.6 Å². The molecule has 2 rings (SSSR count). The minimum Gasteiger partial charge on any atom is -0.441 e. The van der Waals surface area contributed by atoms with Crippen molar-refractivity contribution in [3.05, 3.63) is 47.7 Å². The molecule has 0 fully saturated rings. The molecule has 1 radical (unpaired) electrons. The minimum absolute atomic E-state index is 0.665. The minimum atomic E-state index is 0.665. The van der Waals surface area contributed by atoms with E-state index in [2.05, 4.69) is 11.9 Å². The van der Waals surface area contributed by atoms with Gasteiger partial charge in [0.05, 0.1) is 5.69 Å². The number of nitrogens with zero attached hydrogens (tertiary/aromatic N) is 1. The van der Waals surface area contributed by atoms with Crippen LogP contribution in [0.1, 0.15) is 24.3 Å². The fourth-order valence-electron chi connectivity index (χ4n) is 1.67. The molecule has 0 N–H and O–H groups in total. The Morgan fingerprint density at radius 3 is 2.65 bits per heavy atom. The summed E-state index contributed by atoms with van der Waals surface area (Å²) in [6, 6.07) is 7.51. The van der Waals surface area contributed by atoms with Crippen molar-refractivity contribution < 1.29 is 4.42 Å². The molecule has 3 heteroatoms. The first-order valence-electron chi connectivity index (χ1n) is 5.72. The van der Waals surface area contributed by atoms with Gasteiger partial charge in [0.15, 0.2) is 0 Å². The van der Waals surface area contributed by atoms with Gasteiger partial charge in [0.1, 0.15) is 5.76 Å². The second-order valence-corrected chi connectivity index (χ2v) is 4.42. The lowest BCUT2D eigenvalue weighted by molar-refractivity contribution is 0.538. The molecule has 0 aliphatic carbocycles. The lowest BCUT2D eigenvalue weighted by Crippen LogP contribution is -1.87. The lowest BCUT2D eigenvalue weighted by atomic mass is 10.2. The third kappa shape index (κ3) is 2.89. The zero-order chi connectivity index (χ0) is 12.3. The summed E-state index contributed by atoms with van der Waals surface area (Å²) < 4.78 is 5.66. The van der Waals surface area contributed by atoms with Gasteiger partial charge in [-0.3, -0.25) is 0 Å². The van der Waals surface area contributed by atoms with Gasteiger partial charge in [0.25, 0.3) is 0 Å². The van der Waals surface area contributed by atoms with Gasteiger partial charge in [-0.15, -0.1) is 0 Å². The van der Waals surface area contributed by atoms with E-state index in [0.29, 0.717) is 10.9 Å². The van der Waals surface area contributed by atoms with Crippen LogP contribution in [-0.2, 0) is 6.42 Å². The first-order valence-corrected chi connectivity index (χ1v) is 6.10. The molecule has 1 heterocycles. The number of halogens is 1. The Labute approximate surface area is 107 Å². The van der Waals surface area contributed by atoms with Crippen LogP contribution in [0.5, 0.6) is 0 Å². The molecule has 0 aliphatic rings. The summed E-state index contributed by atoms with van der Waals surface area (Å²) in [6.45, 7) is 5.78. The largest absolute Gasteiger partial charge is 0.441 e. The Bertz CT molecular complexity index is 487. The topological polar surface area (TPSA) is 26.0 Å². The van der Waals surface area contributed by atoms with Gasteiger partial charge in [0, 0.05) is 10.6 Å². The second-order valence-electron chi connectivity index (χ2n) is 3.99. The van der Waals surface area contributed by atoms with Gasteiger partial charge in [-0.25, -0.2) is 4.98 Å². The van der Waals surface area contributed by atoms with Crippen molar-refractivity contribution in [1.29, 1.82) is 0 Å². The van der Waals surface area contributed by atoms with Crippen molar-refractivity contribution in [2.75, 3.05) is 0 Å². The van der Waals surface area contributed by atoms with Gasteiger partial charge in [-0.2, -0.15) is 0 Å². The molecule has 0 unspecified atom stereocenters. The van der Waals surface area contributed by atoms with E-state index < -0.39 is 0 Å².